The lowest BCUT2D eigenvalue weighted by Crippen LogP contribution is -2.41. The summed E-state index contributed by atoms with van der Waals surface area (Å²) in [5.74, 6) is -2.97. The van der Waals surface area contributed by atoms with E-state index < -0.39 is 23.9 Å². The summed E-state index contributed by atoms with van der Waals surface area (Å²) in [5.41, 5.74) is -0.331. The highest BCUT2D eigenvalue weighted by Gasteiger charge is 2.20. The average Bonchev–Trinajstić information content (AvgIpc) is 2.40. The maximum atomic E-state index is 11.9. The quantitative estimate of drug-likeness (QED) is 0.641. The van der Waals surface area contributed by atoms with E-state index in [1.165, 1.54) is 23.9 Å². The van der Waals surface area contributed by atoms with E-state index in [9.17, 15) is 19.2 Å². The number of pyridine rings is 1. The van der Waals surface area contributed by atoms with Crippen molar-refractivity contribution in [2.45, 2.75) is 25.3 Å². The van der Waals surface area contributed by atoms with Crippen LogP contribution in [0.3, 0.4) is 0 Å². The Balaban J connectivity index is 2.71. The van der Waals surface area contributed by atoms with E-state index in [4.69, 9.17) is 10.2 Å². The summed E-state index contributed by atoms with van der Waals surface area (Å²) in [7, 11) is 1.52. The van der Waals surface area contributed by atoms with E-state index in [1.807, 2.05) is 0 Å². The third-order valence-corrected chi connectivity index (χ3v) is 2.85. The van der Waals surface area contributed by atoms with Crippen LogP contribution < -0.4 is 10.9 Å². The second-order valence-electron chi connectivity index (χ2n) is 4.51. The Labute approximate surface area is 120 Å². The third-order valence-electron chi connectivity index (χ3n) is 2.85. The van der Waals surface area contributed by atoms with E-state index >= 15 is 0 Å². The predicted octanol–water partition coefficient (Wildman–Crippen LogP) is -0.177. The van der Waals surface area contributed by atoms with Gasteiger partial charge in [-0.25, -0.2) is 4.79 Å². The standard InChI is InChI=1S/C13H16N2O6/c1-15-6-5-8(7-10(15)16)12(19)14-9(13(20)21)3-2-4-11(17)18/h5-7,9H,2-4H2,1H3,(H,14,19)(H,17,18)(H,20,21)/t9-/m1/s1. The first-order valence-corrected chi connectivity index (χ1v) is 6.23. The molecule has 1 aromatic heterocycles. The van der Waals surface area contributed by atoms with Crippen molar-refractivity contribution in [2.75, 3.05) is 0 Å². The number of nitrogens with zero attached hydrogens (tertiary/aromatic N) is 1. The molecular formula is C13H16N2O6. The first kappa shape index (κ1) is 16.4. The van der Waals surface area contributed by atoms with Gasteiger partial charge in [0.25, 0.3) is 11.5 Å². The molecule has 1 heterocycles. The number of nitrogens with one attached hydrogen (secondary N) is 1. The van der Waals surface area contributed by atoms with Gasteiger partial charge in [-0.2, -0.15) is 0 Å². The van der Waals surface area contributed by atoms with E-state index in [-0.39, 0.29) is 30.4 Å². The van der Waals surface area contributed by atoms with Crippen LogP contribution in [0.5, 0.6) is 0 Å². The lowest BCUT2D eigenvalue weighted by Gasteiger charge is -2.14. The minimum absolute atomic E-state index is 0.00177. The SMILES string of the molecule is Cn1ccc(C(=O)N[C@H](CCCC(=O)O)C(=O)O)cc1=O. The zero-order valence-electron chi connectivity index (χ0n) is 11.4. The monoisotopic (exact) mass is 296 g/mol. The fraction of sp³-hybridized carbons (Fsp3) is 0.385. The molecule has 0 bridgehead atoms. The van der Waals surface area contributed by atoms with Gasteiger partial charge < -0.3 is 20.1 Å². The van der Waals surface area contributed by atoms with Crippen LogP contribution in [0.4, 0.5) is 0 Å². The molecule has 1 aromatic rings. The van der Waals surface area contributed by atoms with Crippen molar-refractivity contribution in [1.82, 2.24) is 9.88 Å². The summed E-state index contributed by atoms with van der Waals surface area (Å²) < 4.78 is 1.28. The molecule has 0 radical (unpaired) electrons. The zero-order chi connectivity index (χ0) is 16.0. The maximum Gasteiger partial charge on any atom is 0.326 e. The Bertz CT molecular complexity index is 607. The molecule has 1 amide bonds. The van der Waals surface area contributed by atoms with Gasteiger partial charge in [0, 0.05) is 31.3 Å². The van der Waals surface area contributed by atoms with Gasteiger partial charge in [0.1, 0.15) is 6.04 Å². The molecule has 3 N–H and O–H groups in total. The van der Waals surface area contributed by atoms with Gasteiger partial charge in [-0.05, 0) is 18.9 Å². The molecule has 0 spiro atoms. The highest BCUT2D eigenvalue weighted by atomic mass is 16.4. The third kappa shape index (κ3) is 5.09. The summed E-state index contributed by atoms with van der Waals surface area (Å²) in [4.78, 5) is 44.7. The molecule has 0 aliphatic rings. The molecular weight excluding hydrogens is 280 g/mol. The molecule has 0 aliphatic carbocycles. The summed E-state index contributed by atoms with van der Waals surface area (Å²) in [6.45, 7) is 0. The number of hydrogen-bond acceptors (Lipinski definition) is 4. The number of aryl methyl sites for hydroxylation is 1. The number of aliphatic carboxylic acids is 2. The van der Waals surface area contributed by atoms with Crippen molar-refractivity contribution in [3.05, 3.63) is 34.2 Å². The summed E-state index contributed by atoms with van der Waals surface area (Å²) >= 11 is 0. The Morgan fingerprint density at radius 1 is 1.33 bits per heavy atom. The molecule has 8 heteroatoms. The largest absolute Gasteiger partial charge is 0.481 e. The van der Waals surface area contributed by atoms with Gasteiger partial charge in [-0.15, -0.1) is 0 Å². The highest BCUT2D eigenvalue weighted by molar-refractivity contribution is 5.96. The summed E-state index contributed by atoms with van der Waals surface area (Å²) in [6.07, 6.45) is 1.35. The number of rotatable bonds is 7. The Morgan fingerprint density at radius 3 is 2.52 bits per heavy atom. The smallest absolute Gasteiger partial charge is 0.326 e. The van der Waals surface area contributed by atoms with Crippen molar-refractivity contribution in [3.63, 3.8) is 0 Å². The number of aromatic nitrogens is 1. The number of carbonyl (C=O) groups is 3. The molecule has 21 heavy (non-hydrogen) atoms. The molecule has 0 aliphatic heterocycles. The van der Waals surface area contributed by atoms with Crippen molar-refractivity contribution in [1.29, 1.82) is 0 Å². The Hall–Kier alpha value is -2.64. The van der Waals surface area contributed by atoms with Gasteiger partial charge in [0.2, 0.25) is 0 Å². The minimum atomic E-state index is -1.25. The Morgan fingerprint density at radius 2 is 2.00 bits per heavy atom. The summed E-state index contributed by atoms with van der Waals surface area (Å²) in [5, 5.41) is 19.8. The zero-order valence-corrected chi connectivity index (χ0v) is 11.4. The lowest BCUT2D eigenvalue weighted by atomic mass is 10.1. The van der Waals surface area contributed by atoms with Gasteiger partial charge in [-0.3, -0.25) is 14.4 Å². The van der Waals surface area contributed by atoms with Crippen LogP contribution in [0.1, 0.15) is 29.6 Å². The Kier molecular flexibility index (Phi) is 5.65. The van der Waals surface area contributed by atoms with Crippen LogP contribution in [0.15, 0.2) is 23.1 Å². The van der Waals surface area contributed by atoms with Crippen LogP contribution in [0.25, 0.3) is 0 Å². The summed E-state index contributed by atoms with van der Waals surface area (Å²) in [6, 6.07) is 1.30. The van der Waals surface area contributed by atoms with Gasteiger partial charge in [-0.1, -0.05) is 0 Å². The van der Waals surface area contributed by atoms with Crippen LogP contribution in [0.2, 0.25) is 0 Å². The van der Waals surface area contributed by atoms with E-state index in [2.05, 4.69) is 5.32 Å². The number of hydrogen-bond donors (Lipinski definition) is 3. The van der Waals surface area contributed by atoms with E-state index in [0.29, 0.717) is 0 Å². The van der Waals surface area contributed by atoms with Gasteiger partial charge in [0.15, 0.2) is 0 Å². The fourth-order valence-electron chi connectivity index (χ4n) is 1.65. The van der Waals surface area contributed by atoms with Crippen molar-refractivity contribution >= 4 is 17.8 Å². The second-order valence-corrected chi connectivity index (χ2v) is 4.51. The van der Waals surface area contributed by atoms with Crippen LogP contribution >= 0.6 is 0 Å². The first-order valence-electron chi connectivity index (χ1n) is 6.23. The molecule has 8 nitrogen and oxygen atoms in total. The van der Waals surface area contributed by atoms with Gasteiger partial charge in [0.05, 0.1) is 0 Å². The van der Waals surface area contributed by atoms with Crippen molar-refractivity contribution in [3.8, 4) is 0 Å². The maximum absolute atomic E-state index is 11.9. The van der Waals surface area contributed by atoms with Crippen LogP contribution in [-0.4, -0.2) is 38.7 Å². The number of carbonyl (C=O) groups excluding carboxylic acids is 1. The number of amides is 1. The molecule has 0 saturated heterocycles. The highest BCUT2D eigenvalue weighted by Crippen LogP contribution is 2.04. The van der Waals surface area contributed by atoms with Crippen molar-refractivity contribution < 1.29 is 24.6 Å². The molecule has 0 saturated carbocycles. The second kappa shape index (κ2) is 7.22. The van der Waals surface area contributed by atoms with Crippen LogP contribution in [0, 0.1) is 0 Å². The van der Waals surface area contributed by atoms with Crippen molar-refractivity contribution in [2.24, 2.45) is 7.05 Å². The molecule has 0 unspecified atom stereocenters. The fourth-order valence-corrected chi connectivity index (χ4v) is 1.65. The molecule has 1 atom stereocenters. The number of carboxylic acids is 2. The predicted molar refractivity (Wildman–Crippen MR) is 72.1 cm³/mol. The normalized spacial score (nSPS) is 11.7. The van der Waals surface area contributed by atoms with Crippen LogP contribution in [-0.2, 0) is 16.6 Å². The first-order chi connectivity index (χ1) is 9.81. The van der Waals surface area contributed by atoms with Gasteiger partial charge >= 0.3 is 11.9 Å². The molecule has 1 rings (SSSR count). The number of carboxylic acid groups (broad SMARTS) is 2. The molecule has 0 aromatic carbocycles. The van der Waals surface area contributed by atoms with E-state index in [0.717, 1.165) is 6.07 Å². The molecule has 114 valence electrons. The van der Waals surface area contributed by atoms with E-state index in [1.54, 1.807) is 0 Å². The molecule has 0 fully saturated rings. The lowest BCUT2D eigenvalue weighted by molar-refractivity contribution is -0.140. The minimum Gasteiger partial charge on any atom is -0.481 e. The average molecular weight is 296 g/mol. The topological polar surface area (TPSA) is 126 Å².